The van der Waals surface area contributed by atoms with Gasteiger partial charge in [-0.05, 0) is 13.1 Å². The molecule has 24 heavy (non-hydrogen) atoms. The fraction of sp³-hybridized carbons (Fsp3) is 0.444. The Balaban J connectivity index is 1.50. The van der Waals surface area contributed by atoms with Gasteiger partial charge in [0.05, 0.1) is 31.1 Å². The summed E-state index contributed by atoms with van der Waals surface area (Å²) in [4.78, 5) is 19.1. The van der Waals surface area contributed by atoms with E-state index in [4.69, 9.17) is 4.74 Å². The number of likely N-dealkylation sites (tertiary alicyclic amines) is 1. The van der Waals surface area contributed by atoms with Gasteiger partial charge in [0.1, 0.15) is 5.75 Å². The van der Waals surface area contributed by atoms with Crippen molar-refractivity contribution >= 4 is 5.91 Å². The molecule has 6 nitrogen and oxygen atoms in total. The molecule has 3 heterocycles. The maximum atomic E-state index is 12.7. The maximum Gasteiger partial charge on any atom is 0.225 e. The number of aryl methyl sites for hydroxylation is 1. The first-order chi connectivity index (χ1) is 11.6. The highest BCUT2D eigenvalue weighted by molar-refractivity contribution is 5.80. The quantitative estimate of drug-likeness (QED) is 0.925. The number of amides is 1. The van der Waals surface area contributed by atoms with E-state index in [1.165, 1.54) is 5.56 Å². The van der Waals surface area contributed by atoms with Crippen LogP contribution in [-0.4, -0.2) is 40.6 Å². The molecular formula is C18H22N4O2. The molecule has 1 N–H and O–H groups in total. The number of hydrogen-bond donors (Lipinski definition) is 1. The van der Waals surface area contributed by atoms with Crippen LogP contribution in [0.5, 0.6) is 5.75 Å². The van der Waals surface area contributed by atoms with Crippen LogP contribution in [0.15, 0.2) is 36.8 Å². The smallest absolute Gasteiger partial charge is 0.225 e. The van der Waals surface area contributed by atoms with Crippen molar-refractivity contribution in [3.63, 3.8) is 0 Å². The Morgan fingerprint density at radius 2 is 2.21 bits per heavy atom. The highest BCUT2D eigenvalue weighted by Crippen LogP contribution is 2.46. The van der Waals surface area contributed by atoms with Crippen LogP contribution >= 0.6 is 0 Å². The van der Waals surface area contributed by atoms with E-state index in [1.807, 2.05) is 29.8 Å². The second kappa shape index (κ2) is 5.94. The Morgan fingerprint density at radius 3 is 3.00 bits per heavy atom. The molecule has 1 fully saturated rings. The van der Waals surface area contributed by atoms with E-state index in [9.17, 15) is 4.79 Å². The normalized spacial score (nSPS) is 25.7. The Hall–Kier alpha value is -2.34. The number of nitrogens with zero attached hydrogens (tertiary/aromatic N) is 3. The van der Waals surface area contributed by atoms with Gasteiger partial charge >= 0.3 is 0 Å². The van der Waals surface area contributed by atoms with Crippen LogP contribution in [0.4, 0.5) is 0 Å². The molecule has 0 bridgehead atoms. The summed E-state index contributed by atoms with van der Waals surface area (Å²) in [5.41, 5.74) is 2.19. The number of para-hydroxylation sites is 1. The molecule has 0 saturated carbocycles. The molecule has 4 rings (SSSR count). The van der Waals surface area contributed by atoms with Crippen molar-refractivity contribution in [3.05, 3.63) is 48.0 Å². The van der Waals surface area contributed by atoms with Gasteiger partial charge in [0, 0.05) is 37.3 Å². The lowest BCUT2D eigenvalue weighted by Gasteiger charge is -2.32. The first-order valence-corrected chi connectivity index (χ1v) is 8.30. The molecule has 126 valence electrons. The van der Waals surface area contributed by atoms with Crippen molar-refractivity contribution in [3.8, 4) is 5.75 Å². The number of fused-ring (bicyclic) bond motifs is 3. The minimum absolute atomic E-state index is 0.0541. The molecule has 2 aliphatic heterocycles. The number of ether oxygens (including phenoxy) is 1. The van der Waals surface area contributed by atoms with Crippen molar-refractivity contribution in [2.75, 3.05) is 20.2 Å². The van der Waals surface area contributed by atoms with Crippen molar-refractivity contribution < 1.29 is 9.53 Å². The number of nitrogens with one attached hydrogen (secondary N) is 1. The zero-order valence-electron chi connectivity index (χ0n) is 14.0. The first kappa shape index (κ1) is 15.2. The van der Waals surface area contributed by atoms with E-state index in [-0.39, 0.29) is 23.8 Å². The van der Waals surface area contributed by atoms with E-state index in [1.54, 1.807) is 12.5 Å². The van der Waals surface area contributed by atoms with Gasteiger partial charge in [0.25, 0.3) is 0 Å². The molecule has 0 unspecified atom stereocenters. The summed E-state index contributed by atoms with van der Waals surface area (Å²) in [5.74, 6) is 1.18. The summed E-state index contributed by atoms with van der Waals surface area (Å²) < 4.78 is 7.84. The standard InChI is InChI=1S/C18H22N4O2/c1-21-9-14(18(23)20-8-12-7-19-11-22(12)2)15-10-24-16-6-4-3-5-13(16)17(15)21/h3-7,11,14-15,17H,8-10H2,1-2H3,(H,20,23)/t14-,15+,17+/m1/s1. The highest BCUT2D eigenvalue weighted by atomic mass is 16.5. The Morgan fingerprint density at radius 1 is 1.38 bits per heavy atom. The largest absolute Gasteiger partial charge is 0.493 e. The van der Waals surface area contributed by atoms with E-state index in [0.29, 0.717) is 13.2 Å². The van der Waals surface area contributed by atoms with Crippen molar-refractivity contribution in [2.24, 2.45) is 18.9 Å². The molecule has 3 atom stereocenters. The lowest BCUT2D eigenvalue weighted by atomic mass is 9.85. The molecule has 0 spiro atoms. The highest BCUT2D eigenvalue weighted by Gasteiger charge is 2.47. The monoisotopic (exact) mass is 326 g/mol. The van der Waals surface area contributed by atoms with Crippen molar-refractivity contribution in [1.82, 2.24) is 19.8 Å². The molecule has 1 aromatic carbocycles. The average Bonchev–Trinajstić information content (AvgIpc) is 3.16. The summed E-state index contributed by atoms with van der Waals surface area (Å²) in [6.07, 6.45) is 3.52. The number of carbonyl (C=O) groups excluding carboxylic acids is 1. The van der Waals surface area contributed by atoms with Crippen LogP contribution < -0.4 is 10.1 Å². The maximum absolute atomic E-state index is 12.7. The average molecular weight is 326 g/mol. The molecule has 2 aromatic rings. The van der Waals surface area contributed by atoms with E-state index >= 15 is 0 Å². The van der Waals surface area contributed by atoms with Gasteiger partial charge in [-0.3, -0.25) is 9.69 Å². The Labute approximate surface area is 141 Å². The van der Waals surface area contributed by atoms with Crippen LogP contribution in [0.1, 0.15) is 17.3 Å². The topological polar surface area (TPSA) is 59.4 Å². The van der Waals surface area contributed by atoms with Crippen molar-refractivity contribution in [1.29, 1.82) is 0 Å². The number of hydrogen-bond acceptors (Lipinski definition) is 4. The molecule has 1 amide bonds. The molecule has 0 aliphatic carbocycles. The summed E-state index contributed by atoms with van der Waals surface area (Å²) in [7, 11) is 4.02. The molecule has 0 radical (unpaired) electrons. The number of benzene rings is 1. The number of imidazole rings is 1. The third-order valence-electron chi connectivity index (χ3n) is 5.25. The zero-order valence-corrected chi connectivity index (χ0v) is 14.0. The minimum atomic E-state index is -0.0541. The first-order valence-electron chi connectivity index (χ1n) is 8.30. The third-order valence-corrected chi connectivity index (χ3v) is 5.25. The van der Waals surface area contributed by atoms with Gasteiger partial charge in [0.15, 0.2) is 0 Å². The molecule has 2 aliphatic rings. The summed E-state index contributed by atoms with van der Waals surface area (Å²) in [6, 6.07) is 8.40. The van der Waals surface area contributed by atoms with Gasteiger partial charge in [-0.25, -0.2) is 4.98 Å². The van der Waals surface area contributed by atoms with Crippen LogP contribution in [-0.2, 0) is 18.4 Å². The molecule has 1 saturated heterocycles. The van der Waals surface area contributed by atoms with Crippen molar-refractivity contribution in [2.45, 2.75) is 12.6 Å². The number of aromatic nitrogens is 2. The molecule has 6 heteroatoms. The van der Waals surface area contributed by atoms with Crippen LogP contribution in [0.2, 0.25) is 0 Å². The Kier molecular flexibility index (Phi) is 3.76. The summed E-state index contributed by atoms with van der Waals surface area (Å²) in [6.45, 7) is 1.85. The van der Waals surface area contributed by atoms with E-state index < -0.39 is 0 Å². The number of carbonyl (C=O) groups is 1. The minimum Gasteiger partial charge on any atom is -0.493 e. The van der Waals surface area contributed by atoms with E-state index in [0.717, 1.165) is 18.0 Å². The van der Waals surface area contributed by atoms with Gasteiger partial charge in [-0.15, -0.1) is 0 Å². The predicted octanol–water partition coefficient (Wildman–Crippen LogP) is 1.35. The second-order valence-electron chi connectivity index (χ2n) is 6.72. The summed E-state index contributed by atoms with van der Waals surface area (Å²) >= 11 is 0. The van der Waals surface area contributed by atoms with Gasteiger partial charge in [-0.2, -0.15) is 0 Å². The second-order valence-corrected chi connectivity index (χ2v) is 6.72. The fourth-order valence-electron chi connectivity index (χ4n) is 3.96. The lowest BCUT2D eigenvalue weighted by molar-refractivity contribution is -0.126. The van der Waals surface area contributed by atoms with Gasteiger partial charge < -0.3 is 14.6 Å². The van der Waals surface area contributed by atoms with E-state index in [2.05, 4.69) is 28.3 Å². The zero-order chi connectivity index (χ0) is 16.7. The van der Waals surface area contributed by atoms with Gasteiger partial charge in [0.2, 0.25) is 5.91 Å². The fourth-order valence-corrected chi connectivity index (χ4v) is 3.96. The predicted molar refractivity (Wildman–Crippen MR) is 89.3 cm³/mol. The lowest BCUT2D eigenvalue weighted by Crippen LogP contribution is -2.38. The summed E-state index contributed by atoms with van der Waals surface area (Å²) in [5, 5.41) is 3.06. The van der Waals surface area contributed by atoms with Crippen LogP contribution in [0, 0.1) is 11.8 Å². The van der Waals surface area contributed by atoms with Gasteiger partial charge in [-0.1, -0.05) is 18.2 Å². The molecule has 1 aromatic heterocycles. The molecular weight excluding hydrogens is 304 g/mol. The van der Waals surface area contributed by atoms with Crippen LogP contribution in [0.3, 0.4) is 0 Å². The number of rotatable bonds is 3. The third kappa shape index (κ3) is 2.47. The SMILES string of the molecule is CN1C[C@@H](C(=O)NCc2cncn2C)[C@@H]2COc3ccccc3[C@@H]21. The van der Waals surface area contributed by atoms with Crippen LogP contribution in [0.25, 0.3) is 0 Å². The Bertz CT molecular complexity index is 757.